The summed E-state index contributed by atoms with van der Waals surface area (Å²) < 4.78 is 0. The van der Waals surface area contributed by atoms with Crippen LogP contribution in [0.25, 0.3) is 0 Å². The number of carbonyl (C=O) groups excluding carboxylic acids is 2. The fraction of sp³-hybridized carbons (Fsp3) is 0.300. The maximum absolute atomic E-state index is 12.6. The van der Waals surface area contributed by atoms with Gasteiger partial charge >= 0.3 is 0 Å². The number of amides is 2. The number of rotatable bonds is 4. The molecule has 138 valence electrons. The van der Waals surface area contributed by atoms with E-state index in [4.69, 9.17) is 23.2 Å². The van der Waals surface area contributed by atoms with E-state index in [1.165, 1.54) is 11.8 Å². The lowest BCUT2D eigenvalue weighted by molar-refractivity contribution is -0.120. The predicted octanol–water partition coefficient (Wildman–Crippen LogP) is 5.28. The number of nitrogens with zero attached hydrogens (tertiary/aromatic N) is 1. The molecule has 0 saturated carbocycles. The van der Waals surface area contributed by atoms with Crippen molar-refractivity contribution in [3.05, 3.63) is 58.1 Å². The van der Waals surface area contributed by atoms with Gasteiger partial charge in [-0.2, -0.15) is 0 Å². The van der Waals surface area contributed by atoms with Gasteiger partial charge in [0, 0.05) is 17.6 Å². The van der Waals surface area contributed by atoms with E-state index in [0.29, 0.717) is 15.7 Å². The molecule has 2 aromatic carbocycles. The highest BCUT2D eigenvalue weighted by Gasteiger charge is 2.22. The van der Waals surface area contributed by atoms with Gasteiger partial charge in [0.1, 0.15) is 6.54 Å². The van der Waals surface area contributed by atoms with Gasteiger partial charge in [-0.3, -0.25) is 9.59 Å². The van der Waals surface area contributed by atoms with Crippen molar-refractivity contribution in [1.82, 2.24) is 0 Å². The zero-order valence-electron chi connectivity index (χ0n) is 15.3. The molecule has 0 spiro atoms. The van der Waals surface area contributed by atoms with E-state index in [0.717, 1.165) is 11.3 Å². The third kappa shape index (κ3) is 4.99. The molecule has 1 N–H and O–H groups in total. The Hall–Kier alpha value is -2.04. The number of hydrogen-bond acceptors (Lipinski definition) is 2. The molecule has 2 rings (SSSR count). The smallest absolute Gasteiger partial charge is 0.244 e. The number of para-hydroxylation sites is 1. The van der Waals surface area contributed by atoms with Crippen molar-refractivity contribution < 1.29 is 9.59 Å². The molecule has 2 aromatic rings. The second-order valence-corrected chi connectivity index (χ2v) is 7.89. The molecular weight excluding hydrogens is 371 g/mol. The Morgan fingerprint density at radius 1 is 1.08 bits per heavy atom. The molecule has 0 saturated heterocycles. The van der Waals surface area contributed by atoms with Crippen molar-refractivity contribution in [3.63, 3.8) is 0 Å². The topological polar surface area (TPSA) is 49.4 Å². The third-order valence-corrected chi connectivity index (χ3v) is 4.44. The average Bonchev–Trinajstić information content (AvgIpc) is 2.54. The highest BCUT2D eigenvalue weighted by molar-refractivity contribution is 6.35. The van der Waals surface area contributed by atoms with Gasteiger partial charge in [-0.05, 0) is 35.2 Å². The molecule has 2 amide bonds. The maximum atomic E-state index is 12.6. The lowest BCUT2D eigenvalue weighted by atomic mass is 9.86. The molecule has 0 unspecified atom stereocenters. The summed E-state index contributed by atoms with van der Waals surface area (Å²) in [6.07, 6.45) is 0. The largest absolute Gasteiger partial charge is 0.324 e. The Morgan fingerprint density at radius 3 is 2.35 bits per heavy atom. The number of benzene rings is 2. The number of hydrogen-bond donors (Lipinski definition) is 1. The standard InChI is InChI=1S/C20H22Cl2N2O2/c1-13(25)24(18-11-14(21)9-10-16(18)22)12-19(26)23-17-8-6-5-7-15(17)20(2,3)4/h5-11H,12H2,1-4H3,(H,23,26). The fourth-order valence-corrected chi connectivity index (χ4v) is 3.02. The number of anilines is 2. The lowest BCUT2D eigenvalue weighted by Gasteiger charge is -2.25. The van der Waals surface area contributed by atoms with Crippen molar-refractivity contribution >= 4 is 46.4 Å². The average molecular weight is 393 g/mol. The second kappa shape index (κ2) is 8.11. The summed E-state index contributed by atoms with van der Waals surface area (Å²) >= 11 is 12.2. The number of nitrogens with one attached hydrogen (secondary N) is 1. The zero-order valence-corrected chi connectivity index (χ0v) is 16.8. The summed E-state index contributed by atoms with van der Waals surface area (Å²) in [5.74, 6) is -0.610. The molecule has 0 heterocycles. The van der Waals surface area contributed by atoms with Gasteiger partial charge < -0.3 is 10.2 Å². The lowest BCUT2D eigenvalue weighted by Crippen LogP contribution is -2.37. The van der Waals surface area contributed by atoms with Gasteiger partial charge in [-0.15, -0.1) is 0 Å². The molecule has 0 fully saturated rings. The first-order valence-corrected chi connectivity index (χ1v) is 8.97. The summed E-state index contributed by atoms with van der Waals surface area (Å²) in [5, 5.41) is 3.69. The van der Waals surface area contributed by atoms with E-state index >= 15 is 0 Å². The Bertz CT molecular complexity index is 829. The monoisotopic (exact) mass is 392 g/mol. The van der Waals surface area contributed by atoms with Crippen LogP contribution in [0.4, 0.5) is 11.4 Å². The molecule has 0 radical (unpaired) electrons. The van der Waals surface area contributed by atoms with Gasteiger partial charge in [0.25, 0.3) is 0 Å². The van der Waals surface area contributed by atoms with Crippen molar-refractivity contribution in [2.24, 2.45) is 0 Å². The number of carbonyl (C=O) groups is 2. The van der Waals surface area contributed by atoms with Crippen LogP contribution in [0.15, 0.2) is 42.5 Å². The molecule has 0 aliphatic heterocycles. The normalized spacial score (nSPS) is 11.2. The van der Waals surface area contributed by atoms with Crippen LogP contribution in [0.2, 0.25) is 10.0 Å². The zero-order chi connectivity index (χ0) is 19.5. The first kappa shape index (κ1) is 20.3. The highest BCUT2D eigenvalue weighted by atomic mass is 35.5. The van der Waals surface area contributed by atoms with E-state index in [1.807, 2.05) is 24.3 Å². The molecule has 6 heteroatoms. The summed E-state index contributed by atoms with van der Waals surface area (Å²) in [4.78, 5) is 26.0. The summed E-state index contributed by atoms with van der Waals surface area (Å²) in [7, 11) is 0. The van der Waals surface area contributed by atoms with Gasteiger partial charge in [0.2, 0.25) is 11.8 Å². The molecule has 26 heavy (non-hydrogen) atoms. The van der Waals surface area contributed by atoms with Gasteiger partial charge in [0.15, 0.2) is 0 Å². The Balaban J connectivity index is 2.25. The third-order valence-electron chi connectivity index (χ3n) is 3.89. The van der Waals surface area contributed by atoms with E-state index in [2.05, 4.69) is 26.1 Å². The Kier molecular flexibility index (Phi) is 6.32. The van der Waals surface area contributed by atoms with Crippen molar-refractivity contribution in [1.29, 1.82) is 0 Å². The maximum Gasteiger partial charge on any atom is 0.244 e. The SMILES string of the molecule is CC(=O)N(CC(=O)Nc1ccccc1C(C)(C)C)c1cc(Cl)ccc1Cl. The molecule has 0 aromatic heterocycles. The van der Waals surface area contributed by atoms with E-state index in [-0.39, 0.29) is 23.8 Å². The Morgan fingerprint density at radius 2 is 1.73 bits per heavy atom. The highest BCUT2D eigenvalue weighted by Crippen LogP contribution is 2.31. The summed E-state index contributed by atoms with van der Waals surface area (Å²) in [6.45, 7) is 7.45. The summed E-state index contributed by atoms with van der Waals surface area (Å²) in [5.41, 5.74) is 2.03. The minimum atomic E-state index is -0.312. The first-order chi connectivity index (χ1) is 12.1. The minimum absolute atomic E-state index is 0.125. The molecule has 0 bridgehead atoms. The van der Waals surface area contributed by atoms with Gasteiger partial charge in [-0.1, -0.05) is 62.2 Å². The van der Waals surface area contributed by atoms with E-state index < -0.39 is 0 Å². The van der Waals surface area contributed by atoms with E-state index in [1.54, 1.807) is 18.2 Å². The molecular formula is C20H22Cl2N2O2. The molecule has 0 aliphatic rings. The van der Waals surface area contributed by atoms with E-state index in [9.17, 15) is 9.59 Å². The number of halogens is 2. The quantitative estimate of drug-likeness (QED) is 0.768. The van der Waals surface area contributed by atoms with Crippen LogP contribution in [0.1, 0.15) is 33.3 Å². The van der Waals surface area contributed by atoms with Gasteiger partial charge in [-0.25, -0.2) is 0 Å². The van der Waals surface area contributed by atoms with Crippen LogP contribution < -0.4 is 10.2 Å². The Labute approximate surface area is 164 Å². The molecule has 4 nitrogen and oxygen atoms in total. The van der Waals surface area contributed by atoms with Crippen molar-refractivity contribution in [2.45, 2.75) is 33.1 Å². The van der Waals surface area contributed by atoms with Crippen LogP contribution >= 0.6 is 23.2 Å². The molecule has 0 aliphatic carbocycles. The second-order valence-electron chi connectivity index (χ2n) is 7.04. The van der Waals surface area contributed by atoms with Crippen LogP contribution in [0.3, 0.4) is 0 Å². The van der Waals surface area contributed by atoms with Crippen LogP contribution in [-0.2, 0) is 15.0 Å². The van der Waals surface area contributed by atoms with Crippen LogP contribution in [0.5, 0.6) is 0 Å². The minimum Gasteiger partial charge on any atom is -0.324 e. The van der Waals surface area contributed by atoms with Crippen molar-refractivity contribution in [3.8, 4) is 0 Å². The van der Waals surface area contributed by atoms with Crippen molar-refractivity contribution in [2.75, 3.05) is 16.8 Å². The predicted molar refractivity (Wildman–Crippen MR) is 108 cm³/mol. The van der Waals surface area contributed by atoms with Crippen LogP contribution in [0, 0.1) is 0 Å². The fourth-order valence-electron chi connectivity index (χ4n) is 2.64. The van der Waals surface area contributed by atoms with Crippen LogP contribution in [-0.4, -0.2) is 18.4 Å². The van der Waals surface area contributed by atoms with Gasteiger partial charge in [0.05, 0.1) is 10.7 Å². The first-order valence-electron chi connectivity index (χ1n) is 8.22. The molecule has 0 atom stereocenters. The summed E-state index contributed by atoms with van der Waals surface area (Å²) in [6, 6.07) is 12.4.